The third kappa shape index (κ3) is 7.11. The zero-order chi connectivity index (χ0) is 28.9. The molecule has 0 radical (unpaired) electrons. The lowest BCUT2D eigenvalue weighted by Crippen LogP contribution is -2.29. The van der Waals surface area contributed by atoms with Gasteiger partial charge in [-0.2, -0.15) is 13.2 Å². The van der Waals surface area contributed by atoms with E-state index >= 15 is 0 Å². The van der Waals surface area contributed by atoms with Crippen molar-refractivity contribution in [2.45, 2.75) is 18.4 Å². The Balaban J connectivity index is 0.000000532. The van der Waals surface area contributed by atoms with Gasteiger partial charge >= 0.3 is 24.3 Å². The van der Waals surface area contributed by atoms with Gasteiger partial charge in [-0.3, -0.25) is 9.80 Å². The number of hydrogen-bond donors (Lipinski definition) is 3. The normalized spacial score (nSPS) is 18.9. The maximum Gasteiger partial charge on any atom is 0.490 e. The van der Waals surface area contributed by atoms with Crippen molar-refractivity contribution in [3.63, 3.8) is 0 Å². The number of anilines is 2. The van der Waals surface area contributed by atoms with E-state index in [0.717, 1.165) is 0 Å². The average Bonchev–Trinajstić information content (AvgIpc) is 3.41. The molecule has 212 valence electrons. The molecule has 2 aromatic carbocycles. The molecule has 0 saturated carbocycles. The van der Waals surface area contributed by atoms with E-state index in [0.29, 0.717) is 37.6 Å². The number of carboxylic acids is 1. The molecule has 10 nitrogen and oxygen atoms in total. The number of amides is 2. The van der Waals surface area contributed by atoms with Crippen LogP contribution in [0.2, 0.25) is 0 Å². The van der Waals surface area contributed by atoms with Gasteiger partial charge in [0, 0.05) is 24.2 Å². The molecule has 2 aliphatic heterocycles. The summed E-state index contributed by atoms with van der Waals surface area (Å²) in [6.07, 6.45) is -6.85. The molecule has 2 heterocycles. The van der Waals surface area contributed by atoms with Crippen LogP contribution in [0.15, 0.2) is 36.4 Å². The molecule has 0 aliphatic carbocycles. The van der Waals surface area contributed by atoms with E-state index in [-0.39, 0.29) is 23.3 Å². The molecule has 2 aromatic rings. The lowest BCUT2D eigenvalue weighted by molar-refractivity contribution is -0.192. The lowest BCUT2D eigenvalue weighted by atomic mass is 10.0. The maximum atomic E-state index is 14.9. The fourth-order valence-electron chi connectivity index (χ4n) is 3.91. The van der Waals surface area contributed by atoms with Crippen molar-refractivity contribution in [2.75, 3.05) is 50.1 Å². The molecule has 4 rings (SSSR count). The number of hydrogen-bond acceptors (Lipinski definition) is 7. The van der Waals surface area contributed by atoms with Crippen molar-refractivity contribution >= 4 is 29.5 Å². The summed E-state index contributed by atoms with van der Waals surface area (Å²) in [6.45, 7) is 1.56. The number of carbonyl (C=O) groups is 3. The van der Waals surface area contributed by atoms with E-state index in [2.05, 4.69) is 10.6 Å². The lowest BCUT2D eigenvalue weighted by Gasteiger charge is -2.16. The monoisotopic (exact) mass is 560 g/mol. The third-order valence-corrected chi connectivity index (χ3v) is 5.67. The van der Waals surface area contributed by atoms with Crippen LogP contribution >= 0.6 is 0 Å². The Kier molecular flexibility index (Phi) is 9.29. The van der Waals surface area contributed by atoms with Gasteiger partial charge in [0.05, 0.1) is 24.5 Å². The Morgan fingerprint density at radius 1 is 0.872 bits per heavy atom. The van der Waals surface area contributed by atoms with Gasteiger partial charge in [0.25, 0.3) is 0 Å². The van der Waals surface area contributed by atoms with Crippen LogP contribution in [0, 0.1) is 11.6 Å². The predicted octanol–water partition coefficient (Wildman–Crippen LogP) is 3.35. The molecule has 0 spiro atoms. The molecule has 0 aromatic heterocycles. The molecule has 15 heteroatoms. The first kappa shape index (κ1) is 29.6. The molecular weight excluding hydrogens is 535 g/mol. The summed E-state index contributed by atoms with van der Waals surface area (Å²) in [4.78, 5) is 35.7. The molecule has 2 atom stereocenters. The molecule has 0 bridgehead atoms. The minimum Gasteiger partial charge on any atom is -0.475 e. The highest BCUT2D eigenvalue weighted by Crippen LogP contribution is 2.33. The third-order valence-electron chi connectivity index (χ3n) is 5.67. The van der Waals surface area contributed by atoms with Gasteiger partial charge in [-0.15, -0.1) is 0 Å². The van der Waals surface area contributed by atoms with Crippen LogP contribution in [0.3, 0.4) is 0 Å². The minimum atomic E-state index is -5.08. The Hall–Kier alpha value is -3.98. The number of nitrogens with zero attached hydrogens (tertiary/aromatic N) is 2. The minimum absolute atomic E-state index is 0.0502. The fraction of sp³-hybridized carbons (Fsp3) is 0.375. The van der Waals surface area contributed by atoms with Gasteiger partial charge < -0.3 is 25.2 Å². The Morgan fingerprint density at radius 3 is 1.51 bits per heavy atom. The highest BCUT2D eigenvalue weighted by molar-refractivity contribution is 5.91. The summed E-state index contributed by atoms with van der Waals surface area (Å²) in [5.74, 6) is -4.10. The van der Waals surface area contributed by atoms with E-state index in [1.807, 2.05) is 0 Å². The molecule has 2 fully saturated rings. The van der Waals surface area contributed by atoms with E-state index in [9.17, 15) is 31.5 Å². The van der Waals surface area contributed by atoms with Gasteiger partial charge in [-0.25, -0.2) is 23.2 Å². The molecule has 2 amide bonds. The first-order valence-electron chi connectivity index (χ1n) is 11.5. The number of carbonyl (C=O) groups excluding carboxylic acids is 2. The Morgan fingerprint density at radius 2 is 1.23 bits per heavy atom. The van der Waals surface area contributed by atoms with E-state index < -0.39 is 36.0 Å². The van der Waals surface area contributed by atoms with E-state index in [1.165, 1.54) is 34.1 Å². The van der Waals surface area contributed by atoms with Crippen molar-refractivity contribution in [2.24, 2.45) is 0 Å². The van der Waals surface area contributed by atoms with Crippen molar-refractivity contribution in [3.05, 3.63) is 48.0 Å². The summed E-state index contributed by atoms with van der Waals surface area (Å²) in [6, 6.07) is 8.32. The number of nitrogens with one attached hydrogen (secondary N) is 2. The fourth-order valence-corrected chi connectivity index (χ4v) is 3.91. The summed E-state index contributed by atoms with van der Waals surface area (Å²) in [7, 11) is 3.50. The summed E-state index contributed by atoms with van der Waals surface area (Å²) in [5, 5.41) is 13.0. The number of halogens is 5. The largest absolute Gasteiger partial charge is 0.490 e. The highest BCUT2D eigenvalue weighted by Gasteiger charge is 2.38. The Bertz CT molecular complexity index is 1150. The van der Waals surface area contributed by atoms with Crippen LogP contribution in [0.25, 0.3) is 11.1 Å². The first-order valence-corrected chi connectivity index (χ1v) is 11.5. The van der Waals surface area contributed by atoms with Gasteiger partial charge in [0.15, 0.2) is 0 Å². The van der Waals surface area contributed by atoms with Gasteiger partial charge in [-0.1, -0.05) is 0 Å². The van der Waals surface area contributed by atoms with E-state index in [4.69, 9.17) is 19.4 Å². The Labute approximate surface area is 219 Å². The number of alkyl halides is 3. The van der Waals surface area contributed by atoms with Crippen molar-refractivity contribution in [1.29, 1.82) is 0 Å². The van der Waals surface area contributed by atoms with Gasteiger partial charge in [0.2, 0.25) is 0 Å². The number of benzene rings is 2. The number of likely N-dealkylation sites (N-methyl/N-ethyl adjacent to an activating group) is 2. The second-order valence-corrected chi connectivity index (χ2v) is 8.48. The first-order chi connectivity index (χ1) is 18.3. The van der Waals surface area contributed by atoms with Gasteiger partial charge in [0.1, 0.15) is 23.8 Å². The highest BCUT2D eigenvalue weighted by atomic mass is 19.4. The smallest absolute Gasteiger partial charge is 0.475 e. The van der Waals surface area contributed by atoms with Crippen molar-refractivity contribution in [3.8, 4) is 11.1 Å². The summed E-state index contributed by atoms with van der Waals surface area (Å²) >= 11 is 0. The zero-order valence-electron chi connectivity index (χ0n) is 20.7. The summed E-state index contributed by atoms with van der Waals surface area (Å²) < 4.78 is 72.0. The van der Waals surface area contributed by atoms with Crippen LogP contribution in [-0.2, 0) is 14.3 Å². The van der Waals surface area contributed by atoms with Crippen LogP contribution in [0.5, 0.6) is 0 Å². The second-order valence-electron chi connectivity index (χ2n) is 8.48. The molecule has 2 aliphatic rings. The molecule has 3 N–H and O–H groups in total. The van der Waals surface area contributed by atoms with Crippen LogP contribution < -0.4 is 20.4 Å². The van der Waals surface area contributed by atoms with Gasteiger partial charge in [-0.05, 0) is 50.5 Å². The quantitative estimate of drug-likeness (QED) is 0.441. The molecular formula is C24H25F5N4O6. The number of carboxylic acid groups (broad SMARTS) is 1. The molecule has 2 saturated heterocycles. The number of cyclic esters (lactones) is 2. The SMILES string of the molecule is CNC[C@H]1CN(c2ccc(-c3ccc(N4C[C@H](CNC)OC4=O)cc3F)c(F)c2)C(=O)O1.O=C(O)C(F)(F)F. The number of ether oxygens (including phenoxy) is 2. The van der Waals surface area contributed by atoms with Crippen LogP contribution in [0.4, 0.5) is 42.9 Å². The van der Waals surface area contributed by atoms with Crippen molar-refractivity contribution in [1.82, 2.24) is 10.6 Å². The van der Waals surface area contributed by atoms with Crippen molar-refractivity contribution < 1.29 is 50.9 Å². The average molecular weight is 560 g/mol. The standard InChI is InChI=1S/C22H24F2N4O4.C2HF3O2/c1-25-9-15-11-27(21(29)31-15)13-3-5-17(19(23)7-13)18-6-4-14(8-20(18)24)28-12-16(10-26-2)32-22(28)30;3-2(4,5)1(6)7/h3-8,15-16,25-26H,9-12H2,1-2H3;(H,6,7)/t15-,16-;/m0./s1. The second kappa shape index (κ2) is 12.3. The molecule has 39 heavy (non-hydrogen) atoms. The molecule has 0 unspecified atom stereocenters. The maximum absolute atomic E-state index is 14.9. The summed E-state index contributed by atoms with van der Waals surface area (Å²) in [5.41, 5.74) is 0.771. The zero-order valence-corrected chi connectivity index (χ0v) is 20.7. The number of aliphatic carboxylic acids is 1. The predicted molar refractivity (Wildman–Crippen MR) is 129 cm³/mol. The topological polar surface area (TPSA) is 120 Å². The van der Waals surface area contributed by atoms with Crippen LogP contribution in [0.1, 0.15) is 0 Å². The van der Waals surface area contributed by atoms with E-state index in [1.54, 1.807) is 26.2 Å². The number of rotatable bonds is 7. The van der Waals surface area contributed by atoms with Crippen LogP contribution in [-0.4, -0.2) is 81.9 Å².